The molecule has 0 radical (unpaired) electrons. The van der Waals surface area contributed by atoms with E-state index in [9.17, 15) is 14.7 Å². The molecule has 2 rings (SSSR count). The van der Waals surface area contributed by atoms with Gasteiger partial charge in [-0.2, -0.15) is 0 Å². The van der Waals surface area contributed by atoms with E-state index in [2.05, 4.69) is 11.9 Å². The molecular formula is C16H16N2O5S. The molecule has 0 unspecified atom stereocenters. The van der Waals surface area contributed by atoms with Crippen LogP contribution in [0.2, 0.25) is 0 Å². The minimum atomic E-state index is -0.623. The lowest BCUT2D eigenvalue weighted by Crippen LogP contribution is -2.53. The van der Waals surface area contributed by atoms with Crippen LogP contribution in [0.1, 0.15) is 5.56 Å². The highest BCUT2D eigenvalue weighted by atomic mass is 32.1. The molecule has 0 bridgehead atoms. The van der Waals surface area contributed by atoms with Crippen LogP contribution in [0.4, 0.5) is 0 Å². The zero-order valence-corrected chi connectivity index (χ0v) is 14.0. The van der Waals surface area contributed by atoms with E-state index >= 15 is 0 Å². The van der Waals surface area contributed by atoms with Crippen LogP contribution in [-0.2, 0) is 9.59 Å². The molecule has 0 aliphatic carbocycles. The smallest absolute Gasteiger partial charge is 0.265 e. The van der Waals surface area contributed by atoms with Gasteiger partial charge in [0.1, 0.15) is 22.8 Å². The summed E-state index contributed by atoms with van der Waals surface area (Å²) in [5.74, 6) is -0.741. The predicted octanol–water partition coefficient (Wildman–Crippen LogP) is 1.22. The Morgan fingerprint density at radius 1 is 1.29 bits per heavy atom. The third kappa shape index (κ3) is 3.23. The molecular weight excluding hydrogens is 332 g/mol. The van der Waals surface area contributed by atoms with Gasteiger partial charge in [0.25, 0.3) is 11.8 Å². The van der Waals surface area contributed by atoms with Gasteiger partial charge in [0.05, 0.1) is 19.8 Å². The number of methoxy groups -OCH3 is 2. The number of ether oxygens (including phenoxy) is 2. The Balaban J connectivity index is 2.57. The molecule has 1 fully saturated rings. The van der Waals surface area contributed by atoms with Crippen LogP contribution >= 0.6 is 12.2 Å². The van der Waals surface area contributed by atoms with Gasteiger partial charge < -0.3 is 14.6 Å². The second-order valence-corrected chi connectivity index (χ2v) is 5.17. The zero-order chi connectivity index (χ0) is 17.9. The summed E-state index contributed by atoms with van der Waals surface area (Å²) in [5, 5.41) is 12.1. The Hall–Kier alpha value is -2.87. The topological polar surface area (TPSA) is 88.1 Å². The van der Waals surface area contributed by atoms with Crippen LogP contribution in [-0.4, -0.2) is 47.7 Å². The molecule has 0 saturated carbocycles. The summed E-state index contributed by atoms with van der Waals surface area (Å²) in [6.45, 7) is 3.73. The van der Waals surface area contributed by atoms with E-state index < -0.39 is 11.8 Å². The zero-order valence-electron chi connectivity index (χ0n) is 13.2. The number of carbonyl (C=O) groups is 2. The van der Waals surface area contributed by atoms with Crippen LogP contribution in [0, 0.1) is 0 Å². The van der Waals surface area contributed by atoms with Crippen LogP contribution < -0.4 is 14.8 Å². The SMILES string of the molecule is C=CCN1C(=O)/C(=C/c2c(OC)cc(O)cc2OC)C(=O)NC1=S. The Kier molecular flexibility index (Phi) is 5.20. The number of phenols is 1. The first-order valence-corrected chi connectivity index (χ1v) is 7.28. The van der Waals surface area contributed by atoms with Crippen molar-refractivity contribution in [3.05, 3.63) is 35.9 Å². The van der Waals surface area contributed by atoms with E-state index in [1.807, 2.05) is 0 Å². The fourth-order valence-corrected chi connectivity index (χ4v) is 2.45. The first-order chi connectivity index (χ1) is 11.4. The number of thiocarbonyl (C=S) groups is 1. The molecule has 1 aromatic carbocycles. The van der Waals surface area contributed by atoms with Crippen LogP contribution in [0.5, 0.6) is 17.2 Å². The minimum absolute atomic E-state index is 0.0201. The molecule has 7 nitrogen and oxygen atoms in total. The average Bonchev–Trinajstić information content (AvgIpc) is 2.55. The molecule has 1 heterocycles. The molecule has 2 N–H and O–H groups in total. The second kappa shape index (κ2) is 7.14. The highest BCUT2D eigenvalue weighted by Gasteiger charge is 2.33. The molecule has 8 heteroatoms. The van der Waals surface area contributed by atoms with Crippen molar-refractivity contribution in [2.75, 3.05) is 20.8 Å². The fourth-order valence-electron chi connectivity index (χ4n) is 2.20. The Morgan fingerprint density at radius 2 is 1.88 bits per heavy atom. The number of rotatable bonds is 5. The molecule has 0 aromatic heterocycles. The van der Waals surface area contributed by atoms with Crippen molar-refractivity contribution in [1.82, 2.24) is 10.2 Å². The summed E-state index contributed by atoms with van der Waals surface area (Å²) in [6.07, 6.45) is 2.84. The van der Waals surface area contributed by atoms with Crippen molar-refractivity contribution < 1.29 is 24.2 Å². The molecule has 24 heavy (non-hydrogen) atoms. The van der Waals surface area contributed by atoms with E-state index in [1.165, 1.54) is 43.4 Å². The maximum Gasteiger partial charge on any atom is 0.265 e. The lowest BCUT2D eigenvalue weighted by atomic mass is 10.1. The number of hydrogen-bond acceptors (Lipinski definition) is 6. The first kappa shape index (κ1) is 17.5. The number of nitrogens with zero attached hydrogens (tertiary/aromatic N) is 1. The molecule has 1 aliphatic rings. The number of nitrogens with one attached hydrogen (secondary N) is 1. The predicted molar refractivity (Wildman–Crippen MR) is 91.8 cm³/mol. The van der Waals surface area contributed by atoms with E-state index in [-0.39, 0.29) is 34.5 Å². The molecule has 2 amide bonds. The summed E-state index contributed by atoms with van der Waals surface area (Å²) >= 11 is 4.99. The quantitative estimate of drug-likeness (QED) is 0.360. The van der Waals surface area contributed by atoms with E-state index in [1.54, 1.807) is 0 Å². The summed E-state index contributed by atoms with van der Waals surface area (Å²) in [4.78, 5) is 25.9. The number of hydrogen-bond donors (Lipinski definition) is 2. The molecule has 0 spiro atoms. The van der Waals surface area contributed by atoms with Gasteiger partial charge in [-0.3, -0.25) is 19.8 Å². The van der Waals surface area contributed by atoms with Crippen molar-refractivity contribution in [3.8, 4) is 17.2 Å². The summed E-state index contributed by atoms with van der Waals surface area (Å²) < 4.78 is 10.4. The van der Waals surface area contributed by atoms with Gasteiger partial charge in [-0.05, 0) is 18.3 Å². The van der Waals surface area contributed by atoms with E-state index in [0.717, 1.165) is 0 Å². The highest BCUT2D eigenvalue weighted by Crippen LogP contribution is 2.35. The van der Waals surface area contributed by atoms with Gasteiger partial charge in [0.2, 0.25) is 0 Å². The van der Waals surface area contributed by atoms with Crippen molar-refractivity contribution in [2.24, 2.45) is 0 Å². The summed E-state index contributed by atoms with van der Waals surface area (Å²) in [7, 11) is 2.80. The maximum absolute atomic E-state index is 12.5. The van der Waals surface area contributed by atoms with Crippen molar-refractivity contribution in [2.45, 2.75) is 0 Å². The lowest BCUT2D eigenvalue weighted by molar-refractivity contribution is -0.128. The van der Waals surface area contributed by atoms with Crippen molar-refractivity contribution in [3.63, 3.8) is 0 Å². The van der Waals surface area contributed by atoms with E-state index in [4.69, 9.17) is 21.7 Å². The molecule has 0 atom stereocenters. The summed E-state index contributed by atoms with van der Waals surface area (Å²) in [5.41, 5.74) is 0.218. The number of benzene rings is 1. The minimum Gasteiger partial charge on any atom is -0.508 e. The number of amides is 2. The van der Waals surface area contributed by atoms with Gasteiger partial charge in [0, 0.05) is 18.7 Å². The molecule has 1 saturated heterocycles. The maximum atomic E-state index is 12.5. The monoisotopic (exact) mass is 348 g/mol. The van der Waals surface area contributed by atoms with Gasteiger partial charge in [-0.15, -0.1) is 6.58 Å². The largest absolute Gasteiger partial charge is 0.508 e. The van der Waals surface area contributed by atoms with Crippen LogP contribution in [0.25, 0.3) is 6.08 Å². The lowest BCUT2D eigenvalue weighted by Gasteiger charge is -2.28. The first-order valence-electron chi connectivity index (χ1n) is 6.87. The van der Waals surface area contributed by atoms with Crippen molar-refractivity contribution in [1.29, 1.82) is 0 Å². The average molecular weight is 348 g/mol. The summed E-state index contributed by atoms with van der Waals surface area (Å²) in [6, 6.07) is 2.71. The highest BCUT2D eigenvalue weighted by molar-refractivity contribution is 7.80. The second-order valence-electron chi connectivity index (χ2n) is 4.79. The molecule has 1 aliphatic heterocycles. The molecule has 126 valence electrons. The normalized spacial score (nSPS) is 16.2. The van der Waals surface area contributed by atoms with E-state index in [0.29, 0.717) is 5.56 Å². The number of aromatic hydroxyl groups is 1. The van der Waals surface area contributed by atoms with Gasteiger partial charge in [0.15, 0.2) is 5.11 Å². The number of phenolic OH excluding ortho intramolecular Hbond substituents is 1. The Morgan fingerprint density at radius 3 is 2.38 bits per heavy atom. The van der Waals surface area contributed by atoms with Gasteiger partial charge in [-0.25, -0.2) is 0 Å². The Bertz CT molecular complexity index is 732. The van der Waals surface area contributed by atoms with Crippen molar-refractivity contribution >= 4 is 35.2 Å². The third-order valence-corrected chi connectivity index (χ3v) is 3.64. The third-order valence-electron chi connectivity index (χ3n) is 3.31. The van der Waals surface area contributed by atoms with Gasteiger partial charge in [-0.1, -0.05) is 6.08 Å². The number of carbonyl (C=O) groups excluding carboxylic acids is 2. The fraction of sp³-hybridized carbons (Fsp3) is 0.188. The van der Waals surface area contributed by atoms with Crippen LogP contribution in [0.3, 0.4) is 0 Å². The van der Waals surface area contributed by atoms with Gasteiger partial charge >= 0.3 is 0 Å². The Labute approximate surface area is 144 Å². The molecule has 1 aromatic rings. The standard InChI is InChI=1S/C16H16N2O5S/c1-4-5-18-15(21)11(14(20)17-16(18)24)8-10-12(22-2)6-9(19)7-13(10)23-3/h4,6-8,19H,1,5H2,2-3H3,(H,17,20,24)/b11-8+. The van der Waals surface area contributed by atoms with Crippen LogP contribution in [0.15, 0.2) is 30.4 Å².